The van der Waals surface area contributed by atoms with E-state index in [2.05, 4.69) is 38.1 Å². The highest BCUT2D eigenvalue weighted by atomic mass is 32.2. The van der Waals surface area contributed by atoms with Gasteiger partial charge in [-0.3, -0.25) is 9.58 Å². The maximum Gasteiger partial charge on any atom is 0.141 e. The van der Waals surface area contributed by atoms with E-state index in [-0.39, 0.29) is 11.9 Å². The van der Waals surface area contributed by atoms with Crippen LogP contribution in [0.15, 0.2) is 60.1 Å². The molecular formula is C23H26FN7OS. The van der Waals surface area contributed by atoms with Gasteiger partial charge < -0.3 is 4.98 Å². The largest absolute Gasteiger partial charge is 0.346 e. The van der Waals surface area contributed by atoms with E-state index in [0.29, 0.717) is 18.0 Å². The normalized spacial score (nSPS) is 17.4. The number of halogens is 1. The first kappa shape index (κ1) is 21.9. The number of benzene rings is 1. The average Bonchev–Trinajstić information content (AvgIpc) is 3.52. The van der Waals surface area contributed by atoms with E-state index in [1.807, 2.05) is 27.4 Å². The van der Waals surface area contributed by atoms with Crippen molar-refractivity contribution < 1.29 is 8.60 Å². The molecule has 2 unspecified atom stereocenters. The Bertz CT molecular complexity index is 1260. The lowest BCUT2D eigenvalue weighted by Crippen LogP contribution is -2.48. The van der Waals surface area contributed by atoms with Gasteiger partial charge in [-0.1, -0.05) is 13.0 Å². The molecule has 4 heterocycles. The molecule has 1 N–H and O–H groups in total. The predicted molar refractivity (Wildman–Crippen MR) is 125 cm³/mol. The van der Waals surface area contributed by atoms with Crippen LogP contribution in [0.25, 0.3) is 22.3 Å². The highest BCUT2D eigenvalue weighted by Crippen LogP contribution is 2.26. The lowest BCUT2D eigenvalue weighted by atomic mass is 10.1. The average molecular weight is 468 g/mol. The van der Waals surface area contributed by atoms with Gasteiger partial charge in [0.25, 0.3) is 0 Å². The summed E-state index contributed by atoms with van der Waals surface area (Å²) < 4.78 is 30.2. The summed E-state index contributed by atoms with van der Waals surface area (Å²) in [7, 11) is -1.34. The highest BCUT2D eigenvalue weighted by Gasteiger charge is 2.25. The molecular weight excluding hydrogens is 441 g/mol. The minimum absolute atomic E-state index is 0.225. The Morgan fingerprint density at radius 1 is 1.18 bits per heavy atom. The van der Waals surface area contributed by atoms with Gasteiger partial charge in [0.15, 0.2) is 0 Å². The second kappa shape index (κ2) is 9.50. The molecule has 3 aromatic heterocycles. The summed E-state index contributed by atoms with van der Waals surface area (Å²) in [5.74, 6) is -0.358. The third-order valence-electron chi connectivity index (χ3n) is 6.11. The predicted octanol–water partition coefficient (Wildman–Crippen LogP) is 3.25. The number of rotatable bonds is 7. The molecule has 1 aliphatic heterocycles. The molecule has 172 valence electrons. The van der Waals surface area contributed by atoms with Crippen LogP contribution in [0, 0.1) is 5.82 Å². The van der Waals surface area contributed by atoms with Crippen LogP contribution in [0.1, 0.15) is 19.4 Å². The van der Waals surface area contributed by atoms with E-state index in [1.165, 1.54) is 12.1 Å². The van der Waals surface area contributed by atoms with Crippen LogP contribution in [-0.4, -0.2) is 70.9 Å². The van der Waals surface area contributed by atoms with Crippen LogP contribution >= 0.6 is 0 Å². The van der Waals surface area contributed by atoms with Crippen molar-refractivity contribution in [2.45, 2.75) is 24.3 Å². The van der Waals surface area contributed by atoms with E-state index >= 15 is 0 Å². The van der Waals surface area contributed by atoms with E-state index in [9.17, 15) is 8.60 Å². The van der Waals surface area contributed by atoms with Crippen LogP contribution in [-0.2, 0) is 11.0 Å². The Morgan fingerprint density at radius 2 is 2.03 bits per heavy atom. The molecule has 0 aliphatic carbocycles. The van der Waals surface area contributed by atoms with Gasteiger partial charge in [-0.05, 0) is 30.7 Å². The quantitative estimate of drug-likeness (QED) is 0.451. The molecule has 1 aliphatic rings. The molecule has 8 nitrogen and oxygen atoms in total. The van der Waals surface area contributed by atoms with Gasteiger partial charge in [0.2, 0.25) is 0 Å². The van der Waals surface area contributed by atoms with Crippen LogP contribution in [0.3, 0.4) is 0 Å². The van der Waals surface area contributed by atoms with Crippen molar-refractivity contribution in [3.63, 3.8) is 0 Å². The molecule has 1 aromatic carbocycles. The van der Waals surface area contributed by atoms with Gasteiger partial charge in [0, 0.05) is 56.1 Å². The SMILES string of the molecule is CCC(CN1CCN(S(=O)c2cccc(F)c2)CC1)n1cc(-c2ncnc3[nH]ccc23)cn1. The molecule has 0 bridgehead atoms. The van der Waals surface area contributed by atoms with Crippen molar-refractivity contribution in [2.75, 3.05) is 32.7 Å². The molecule has 0 amide bonds. The summed E-state index contributed by atoms with van der Waals surface area (Å²) in [6.07, 6.45) is 8.29. The molecule has 0 radical (unpaired) electrons. The minimum atomic E-state index is -1.34. The molecule has 4 aromatic rings. The standard InChI is InChI=1S/C23H26FN7OS/c1-2-19(31-14-17(13-28-31)22-21-6-7-25-23(21)27-16-26-22)15-29-8-10-30(11-9-29)33(32)20-5-3-4-18(24)12-20/h3-7,12-14,16,19H,2,8-11,15H2,1H3,(H,25,26,27). The zero-order valence-corrected chi connectivity index (χ0v) is 19.2. The number of nitrogens with one attached hydrogen (secondary N) is 1. The smallest absolute Gasteiger partial charge is 0.141 e. The molecule has 5 rings (SSSR count). The number of H-pyrrole nitrogens is 1. The summed E-state index contributed by atoms with van der Waals surface area (Å²) in [5.41, 5.74) is 2.65. The number of piperazine rings is 1. The molecule has 10 heteroatoms. The van der Waals surface area contributed by atoms with Gasteiger partial charge in [-0.2, -0.15) is 5.10 Å². The summed E-state index contributed by atoms with van der Waals surface area (Å²) in [5, 5.41) is 5.62. The second-order valence-corrected chi connectivity index (χ2v) is 9.66. The van der Waals surface area contributed by atoms with Gasteiger partial charge in [0.05, 0.1) is 22.8 Å². The summed E-state index contributed by atoms with van der Waals surface area (Å²) in [6, 6.07) is 8.24. The first-order valence-electron chi connectivity index (χ1n) is 11.1. The Labute approximate surface area is 194 Å². The number of fused-ring (bicyclic) bond motifs is 1. The maximum atomic E-state index is 13.5. The van der Waals surface area contributed by atoms with Crippen LogP contribution in [0.4, 0.5) is 4.39 Å². The number of aromatic amines is 1. The topological polar surface area (TPSA) is 82.9 Å². The van der Waals surface area contributed by atoms with Crippen molar-refractivity contribution in [1.82, 2.24) is 33.9 Å². The number of hydrogen-bond donors (Lipinski definition) is 1. The maximum absolute atomic E-state index is 13.5. The lowest BCUT2D eigenvalue weighted by molar-refractivity contribution is 0.163. The van der Waals surface area contributed by atoms with E-state index in [4.69, 9.17) is 0 Å². The first-order chi connectivity index (χ1) is 16.1. The van der Waals surface area contributed by atoms with Crippen molar-refractivity contribution >= 4 is 22.0 Å². The molecule has 2 atom stereocenters. The van der Waals surface area contributed by atoms with Crippen molar-refractivity contribution in [3.05, 3.63) is 61.1 Å². The molecule has 1 saturated heterocycles. The van der Waals surface area contributed by atoms with E-state index < -0.39 is 11.0 Å². The zero-order chi connectivity index (χ0) is 22.8. The molecule has 33 heavy (non-hydrogen) atoms. The first-order valence-corrected chi connectivity index (χ1v) is 12.2. The van der Waals surface area contributed by atoms with Gasteiger partial charge in [-0.25, -0.2) is 22.9 Å². The van der Waals surface area contributed by atoms with Crippen LogP contribution in [0.5, 0.6) is 0 Å². The second-order valence-electron chi connectivity index (χ2n) is 8.17. The number of hydrogen-bond acceptors (Lipinski definition) is 5. The Kier molecular flexibility index (Phi) is 6.30. The van der Waals surface area contributed by atoms with E-state index in [0.717, 1.165) is 48.3 Å². The Hall–Kier alpha value is -2.95. The van der Waals surface area contributed by atoms with Gasteiger partial charge in [-0.15, -0.1) is 0 Å². The van der Waals surface area contributed by atoms with Crippen molar-refractivity contribution in [2.24, 2.45) is 0 Å². The minimum Gasteiger partial charge on any atom is -0.346 e. The van der Waals surface area contributed by atoms with E-state index in [1.54, 1.807) is 18.5 Å². The highest BCUT2D eigenvalue weighted by molar-refractivity contribution is 7.82. The Morgan fingerprint density at radius 3 is 2.82 bits per heavy atom. The third-order valence-corrected chi connectivity index (χ3v) is 7.60. The monoisotopic (exact) mass is 467 g/mol. The fraction of sp³-hybridized carbons (Fsp3) is 0.348. The molecule has 1 fully saturated rings. The number of nitrogens with zero attached hydrogens (tertiary/aromatic N) is 6. The third kappa shape index (κ3) is 4.59. The zero-order valence-electron chi connectivity index (χ0n) is 18.4. The Balaban J connectivity index is 1.23. The molecule has 0 spiro atoms. The van der Waals surface area contributed by atoms with Gasteiger partial charge in [0.1, 0.15) is 28.8 Å². The van der Waals surface area contributed by atoms with Gasteiger partial charge >= 0.3 is 0 Å². The lowest BCUT2D eigenvalue weighted by Gasteiger charge is -2.35. The fourth-order valence-electron chi connectivity index (χ4n) is 4.26. The van der Waals surface area contributed by atoms with Crippen molar-refractivity contribution in [3.8, 4) is 11.3 Å². The summed E-state index contributed by atoms with van der Waals surface area (Å²) >= 11 is 0. The van der Waals surface area contributed by atoms with Crippen LogP contribution < -0.4 is 0 Å². The molecule has 0 saturated carbocycles. The van der Waals surface area contributed by atoms with Crippen LogP contribution in [0.2, 0.25) is 0 Å². The summed E-state index contributed by atoms with van der Waals surface area (Å²) in [4.78, 5) is 14.7. The fourth-order valence-corrected chi connectivity index (χ4v) is 5.46. The summed E-state index contributed by atoms with van der Waals surface area (Å²) in [6.45, 7) is 5.99. The van der Waals surface area contributed by atoms with Crippen molar-refractivity contribution in [1.29, 1.82) is 0 Å². The number of aromatic nitrogens is 5.